The summed E-state index contributed by atoms with van der Waals surface area (Å²) in [6.45, 7) is 4.03. The zero-order valence-electron chi connectivity index (χ0n) is 7.13. The first-order valence-electron chi connectivity index (χ1n) is 3.81. The SMILES string of the molecule is CCN1C(=O)CC(C(=O)O)=C1C. The Labute approximate surface area is 70.5 Å². The lowest BCUT2D eigenvalue weighted by molar-refractivity contribution is -0.134. The van der Waals surface area contributed by atoms with Gasteiger partial charge in [-0.15, -0.1) is 0 Å². The van der Waals surface area contributed by atoms with Crippen molar-refractivity contribution in [2.45, 2.75) is 20.3 Å². The summed E-state index contributed by atoms with van der Waals surface area (Å²) in [6, 6.07) is 0. The number of hydrogen-bond acceptors (Lipinski definition) is 2. The van der Waals surface area contributed by atoms with Crippen LogP contribution in [0, 0.1) is 0 Å². The fourth-order valence-electron chi connectivity index (χ4n) is 1.37. The Hall–Kier alpha value is -1.32. The largest absolute Gasteiger partial charge is 0.478 e. The smallest absolute Gasteiger partial charge is 0.333 e. The number of aliphatic carboxylic acids is 1. The van der Waals surface area contributed by atoms with E-state index in [-0.39, 0.29) is 17.9 Å². The summed E-state index contributed by atoms with van der Waals surface area (Å²) in [6.07, 6.45) is 0.0367. The van der Waals surface area contributed by atoms with E-state index in [4.69, 9.17) is 5.11 Å². The van der Waals surface area contributed by atoms with Gasteiger partial charge in [0.1, 0.15) is 0 Å². The third kappa shape index (κ3) is 1.20. The highest BCUT2D eigenvalue weighted by molar-refractivity contribution is 5.99. The maximum atomic E-state index is 11.2. The molecule has 0 fully saturated rings. The Morgan fingerprint density at radius 1 is 1.67 bits per heavy atom. The van der Waals surface area contributed by atoms with E-state index in [1.54, 1.807) is 6.92 Å². The van der Waals surface area contributed by atoms with Gasteiger partial charge in [0.2, 0.25) is 5.91 Å². The molecule has 4 nitrogen and oxygen atoms in total. The molecule has 1 heterocycles. The first-order chi connectivity index (χ1) is 5.57. The number of carbonyl (C=O) groups is 2. The molecule has 1 amide bonds. The van der Waals surface area contributed by atoms with E-state index in [1.165, 1.54) is 4.90 Å². The maximum absolute atomic E-state index is 11.2. The lowest BCUT2D eigenvalue weighted by atomic mass is 10.2. The van der Waals surface area contributed by atoms with Gasteiger partial charge in [0.15, 0.2) is 0 Å². The fourth-order valence-corrected chi connectivity index (χ4v) is 1.37. The number of amides is 1. The third-order valence-corrected chi connectivity index (χ3v) is 2.05. The van der Waals surface area contributed by atoms with E-state index in [9.17, 15) is 9.59 Å². The van der Waals surface area contributed by atoms with E-state index in [2.05, 4.69) is 0 Å². The topological polar surface area (TPSA) is 57.6 Å². The molecular formula is C8H11NO3. The highest BCUT2D eigenvalue weighted by atomic mass is 16.4. The molecule has 1 aliphatic heterocycles. The lowest BCUT2D eigenvalue weighted by Crippen LogP contribution is -2.23. The van der Waals surface area contributed by atoms with Crippen molar-refractivity contribution in [1.29, 1.82) is 0 Å². The van der Waals surface area contributed by atoms with Crippen molar-refractivity contribution in [1.82, 2.24) is 4.90 Å². The van der Waals surface area contributed by atoms with Crippen LogP contribution in [0.4, 0.5) is 0 Å². The average Bonchev–Trinajstić information content (AvgIpc) is 2.27. The Morgan fingerprint density at radius 3 is 2.50 bits per heavy atom. The Balaban J connectivity index is 2.96. The van der Waals surface area contributed by atoms with Crippen LogP contribution in [0.25, 0.3) is 0 Å². The van der Waals surface area contributed by atoms with Crippen molar-refractivity contribution in [3.05, 3.63) is 11.3 Å². The van der Waals surface area contributed by atoms with Gasteiger partial charge in [0.05, 0.1) is 12.0 Å². The second kappa shape index (κ2) is 2.97. The minimum atomic E-state index is -0.989. The maximum Gasteiger partial charge on any atom is 0.333 e. The normalized spacial score (nSPS) is 17.5. The van der Waals surface area contributed by atoms with Crippen LogP contribution >= 0.6 is 0 Å². The molecule has 0 saturated carbocycles. The van der Waals surface area contributed by atoms with E-state index < -0.39 is 5.97 Å². The van der Waals surface area contributed by atoms with Crippen LogP contribution in [0.15, 0.2) is 11.3 Å². The summed E-state index contributed by atoms with van der Waals surface area (Å²) in [7, 11) is 0. The van der Waals surface area contributed by atoms with Crippen molar-refractivity contribution in [2.24, 2.45) is 0 Å². The minimum absolute atomic E-state index is 0.0367. The van der Waals surface area contributed by atoms with Gasteiger partial charge < -0.3 is 10.0 Å². The molecule has 0 aromatic heterocycles. The summed E-state index contributed by atoms with van der Waals surface area (Å²) >= 11 is 0. The second-order valence-electron chi connectivity index (χ2n) is 2.68. The molecule has 66 valence electrons. The van der Waals surface area contributed by atoms with Gasteiger partial charge in [-0.05, 0) is 13.8 Å². The van der Waals surface area contributed by atoms with Crippen molar-refractivity contribution in [3.8, 4) is 0 Å². The van der Waals surface area contributed by atoms with Crippen LogP contribution in [0.1, 0.15) is 20.3 Å². The van der Waals surface area contributed by atoms with Crippen LogP contribution in [-0.4, -0.2) is 28.4 Å². The van der Waals surface area contributed by atoms with E-state index in [0.29, 0.717) is 12.2 Å². The minimum Gasteiger partial charge on any atom is -0.478 e. The van der Waals surface area contributed by atoms with Crippen LogP contribution < -0.4 is 0 Å². The quantitative estimate of drug-likeness (QED) is 0.658. The number of carbonyl (C=O) groups excluding carboxylic acids is 1. The highest BCUT2D eigenvalue weighted by Gasteiger charge is 2.29. The first kappa shape index (κ1) is 8.77. The molecule has 1 rings (SSSR count). The monoisotopic (exact) mass is 169 g/mol. The number of allylic oxidation sites excluding steroid dienone is 1. The molecule has 1 aliphatic rings. The van der Waals surface area contributed by atoms with Crippen LogP contribution in [0.2, 0.25) is 0 Å². The zero-order valence-corrected chi connectivity index (χ0v) is 7.13. The van der Waals surface area contributed by atoms with Gasteiger partial charge in [0, 0.05) is 12.2 Å². The van der Waals surface area contributed by atoms with E-state index >= 15 is 0 Å². The second-order valence-corrected chi connectivity index (χ2v) is 2.68. The van der Waals surface area contributed by atoms with Gasteiger partial charge in [-0.25, -0.2) is 4.79 Å². The number of rotatable bonds is 2. The van der Waals surface area contributed by atoms with Gasteiger partial charge in [0.25, 0.3) is 0 Å². The van der Waals surface area contributed by atoms with Crippen molar-refractivity contribution in [3.63, 3.8) is 0 Å². The highest BCUT2D eigenvalue weighted by Crippen LogP contribution is 2.23. The predicted molar refractivity (Wildman–Crippen MR) is 42.3 cm³/mol. The average molecular weight is 169 g/mol. The molecule has 0 unspecified atom stereocenters. The summed E-state index contributed by atoms with van der Waals surface area (Å²) in [5.74, 6) is -1.11. The number of carboxylic acid groups (broad SMARTS) is 1. The summed E-state index contributed by atoms with van der Waals surface area (Å²) in [4.78, 5) is 23.2. The predicted octanol–water partition coefficient (Wildman–Crippen LogP) is 0.597. The van der Waals surface area contributed by atoms with Gasteiger partial charge >= 0.3 is 5.97 Å². The van der Waals surface area contributed by atoms with Crippen LogP contribution in [-0.2, 0) is 9.59 Å². The Morgan fingerprint density at radius 2 is 2.25 bits per heavy atom. The summed E-state index contributed by atoms with van der Waals surface area (Å²) in [5.41, 5.74) is 0.803. The van der Waals surface area contributed by atoms with Crippen molar-refractivity contribution < 1.29 is 14.7 Å². The fraction of sp³-hybridized carbons (Fsp3) is 0.500. The third-order valence-electron chi connectivity index (χ3n) is 2.05. The molecule has 0 bridgehead atoms. The molecule has 0 radical (unpaired) electrons. The molecule has 0 aliphatic carbocycles. The van der Waals surface area contributed by atoms with Crippen molar-refractivity contribution >= 4 is 11.9 Å². The first-order valence-corrected chi connectivity index (χ1v) is 3.81. The molecule has 4 heteroatoms. The van der Waals surface area contributed by atoms with Crippen LogP contribution in [0.3, 0.4) is 0 Å². The van der Waals surface area contributed by atoms with Gasteiger partial charge in [-0.1, -0.05) is 0 Å². The van der Waals surface area contributed by atoms with Gasteiger partial charge in [-0.3, -0.25) is 4.79 Å². The Bertz CT molecular complexity index is 267. The van der Waals surface area contributed by atoms with Crippen molar-refractivity contribution in [2.75, 3.05) is 6.54 Å². The van der Waals surface area contributed by atoms with E-state index in [1.807, 2.05) is 6.92 Å². The molecule has 1 N–H and O–H groups in total. The van der Waals surface area contributed by atoms with Gasteiger partial charge in [-0.2, -0.15) is 0 Å². The molecule has 0 saturated heterocycles. The summed E-state index contributed by atoms with van der Waals surface area (Å²) in [5, 5.41) is 8.68. The molecule has 0 atom stereocenters. The van der Waals surface area contributed by atoms with E-state index in [0.717, 1.165) is 0 Å². The lowest BCUT2D eigenvalue weighted by Gasteiger charge is -2.14. The number of nitrogens with zero attached hydrogens (tertiary/aromatic N) is 1. The Kier molecular flexibility index (Phi) is 2.17. The molecule has 0 aromatic rings. The van der Waals surface area contributed by atoms with Crippen LogP contribution in [0.5, 0.6) is 0 Å². The molecular weight excluding hydrogens is 158 g/mol. The number of carboxylic acids is 1. The molecule has 0 spiro atoms. The number of hydrogen-bond donors (Lipinski definition) is 1. The standard InChI is InChI=1S/C8H11NO3/c1-3-9-5(2)6(8(11)12)4-7(9)10/h3-4H2,1-2H3,(H,11,12). The summed E-state index contributed by atoms with van der Waals surface area (Å²) < 4.78 is 0. The molecule has 0 aromatic carbocycles. The zero-order chi connectivity index (χ0) is 9.30. The molecule has 12 heavy (non-hydrogen) atoms.